The van der Waals surface area contributed by atoms with Crippen molar-refractivity contribution >= 4 is 27.3 Å². The molecule has 0 fully saturated rings. The lowest BCUT2D eigenvalue weighted by atomic mass is 10.2. The summed E-state index contributed by atoms with van der Waals surface area (Å²) in [4.78, 5) is 9.84. The third-order valence-corrected chi connectivity index (χ3v) is 2.23. The van der Waals surface area contributed by atoms with Gasteiger partial charge in [0.2, 0.25) is 5.82 Å². The molecule has 76 valence electrons. The summed E-state index contributed by atoms with van der Waals surface area (Å²) in [6, 6.07) is 2.90. The molecule has 1 aromatic rings. The molecule has 0 spiro atoms. The summed E-state index contributed by atoms with van der Waals surface area (Å²) < 4.78 is 13.4. The molecule has 1 rings (SSSR count). The second-order valence-electron chi connectivity index (χ2n) is 2.54. The van der Waals surface area contributed by atoms with E-state index in [1.807, 2.05) is 0 Å². The molecular formula is C8H8BrFN2O2. The predicted molar refractivity (Wildman–Crippen MR) is 54.9 cm³/mol. The van der Waals surface area contributed by atoms with Crippen molar-refractivity contribution in [1.29, 1.82) is 0 Å². The molecule has 0 heterocycles. The van der Waals surface area contributed by atoms with E-state index in [0.29, 0.717) is 6.54 Å². The van der Waals surface area contributed by atoms with Crippen molar-refractivity contribution in [3.63, 3.8) is 0 Å². The van der Waals surface area contributed by atoms with Crippen LogP contribution in [0.2, 0.25) is 0 Å². The number of hydrogen-bond donors (Lipinski definition) is 1. The van der Waals surface area contributed by atoms with Crippen molar-refractivity contribution < 1.29 is 9.31 Å². The Balaban J connectivity index is 3.30. The molecule has 0 aliphatic carbocycles. The van der Waals surface area contributed by atoms with Gasteiger partial charge < -0.3 is 5.32 Å². The highest BCUT2D eigenvalue weighted by atomic mass is 79.9. The number of nitrogens with zero attached hydrogens (tertiary/aromatic N) is 1. The average Bonchev–Trinajstić information content (AvgIpc) is 2.11. The Kier molecular flexibility index (Phi) is 3.40. The molecule has 0 saturated heterocycles. The van der Waals surface area contributed by atoms with E-state index >= 15 is 0 Å². The van der Waals surface area contributed by atoms with Gasteiger partial charge in [-0.1, -0.05) is 0 Å². The molecule has 0 amide bonds. The first kappa shape index (κ1) is 10.9. The first-order valence-electron chi connectivity index (χ1n) is 3.94. The number of nitro groups is 1. The van der Waals surface area contributed by atoms with Gasteiger partial charge in [-0.3, -0.25) is 10.1 Å². The summed E-state index contributed by atoms with van der Waals surface area (Å²) in [7, 11) is 0. The molecule has 0 radical (unpaired) electrons. The lowest BCUT2D eigenvalue weighted by Gasteiger charge is -2.05. The van der Waals surface area contributed by atoms with Gasteiger partial charge in [-0.05, 0) is 35.0 Å². The van der Waals surface area contributed by atoms with Crippen LogP contribution in [-0.2, 0) is 0 Å². The number of rotatable bonds is 3. The summed E-state index contributed by atoms with van der Waals surface area (Å²) in [6.45, 7) is 2.28. The highest BCUT2D eigenvalue weighted by Gasteiger charge is 2.22. The number of halogens is 2. The van der Waals surface area contributed by atoms with Gasteiger partial charge in [0.15, 0.2) is 0 Å². The minimum Gasteiger partial charge on any atom is -0.380 e. The number of nitrogens with one attached hydrogen (secondary N) is 1. The van der Waals surface area contributed by atoms with Crippen molar-refractivity contribution in [3.8, 4) is 0 Å². The van der Waals surface area contributed by atoms with E-state index in [1.165, 1.54) is 12.1 Å². The summed E-state index contributed by atoms with van der Waals surface area (Å²) in [5, 5.41) is 13.3. The monoisotopic (exact) mass is 262 g/mol. The molecule has 4 nitrogen and oxygen atoms in total. The van der Waals surface area contributed by atoms with Gasteiger partial charge in [0, 0.05) is 6.54 Å². The molecular weight excluding hydrogens is 255 g/mol. The smallest absolute Gasteiger partial charge is 0.328 e. The van der Waals surface area contributed by atoms with Crippen molar-refractivity contribution in [2.45, 2.75) is 6.92 Å². The summed E-state index contributed by atoms with van der Waals surface area (Å²) in [5.74, 6) is -0.853. The van der Waals surface area contributed by atoms with Crippen LogP contribution in [0.15, 0.2) is 16.6 Å². The van der Waals surface area contributed by atoms with Crippen LogP contribution < -0.4 is 5.32 Å². The Labute approximate surface area is 88.4 Å². The lowest BCUT2D eigenvalue weighted by Crippen LogP contribution is -2.03. The third kappa shape index (κ3) is 2.01. The van der Waals surface area contributed by atoms with Crippen LogP contribution in [0.25, 0.3) is 0 Å². The SMILES string of the molecule is CCNc1ccc(Br)c(F)c1[N+](=O)[O-]. The maximum atomic E-state index is 13.3. The van der Waals surface area contributed by atoms with Crippen molar-refractivity contribution in [1.82, 2.24) is 0 Å². The van der Waals surface area contributed by atoms with Gasteiger partial charge in [0.1, 0.15) is 5.69 Å². The molecule has 1 N–H and O–H groups in total. The zero-order chi connectivity index (χ0) is 10.7. The summed E-state index contributed by atoms with van der Waals surface area (Å²) in [6.07, 6.45) is 0. The number of hydrogen-bond acceptors (Lipinski definition) is 3. The first-order valence-corrected chi connectivity index (χ1v) is 4.73. The molecule has 6 heteroatoms. The Morgan fingerprint density at radius 2 is 2.29 bits per heavy atom. The van der Waals surface area contributed by atoms with Crippen LogP contribution in [0.5, 0.6) is 0 Å². The Hall–Kier alpha value is -1.17. The minimum atomic E-state index is -0.853. The lowest BCUT2D eigenvalue weighted by molar-refractivity contribution is -0.386. The standard InChI is InChI=1S/C8H8BrFN2O2/c1-2-11-6-4-3-5(9)7(10)8(6)12(13)14/h3-4,11H,2H2,1H3. The van der Waals surface area contributed by atoms with Crippen molar-refractivity contribution in [2.75, 3.05) is 11.9 Å². The molecule has 0 atom stereocenters. The normalized spacial score (nSPS) is 9.93. The first-order chi connectivity index (χ1) is 6.57. The fourth-order valence-corrected chi connectivity index (χ4v) is 1.37. The molecule has 14 heavy (non-hydrogen) atoms. The van der Waals surface area contributed by atoms with E-state index in [-0.39, 0.29) is 10.2 Å². The van der Waals surface area contributed by atoms with Crippen molar-refractivity contribution in [3.05, 3.63) is 32.5 Å². The van der Waals surface area contributed by atoms with Crippen LogP contribution in [0.3, 0.4) is 0 Å². The quantitative estimate of drug-likeness (QED) is 0.673. The fraction of sp³-hybridized carbons (Fsp3) is 0.250. The fourth-order valence-electron chi connectivity index (χ4n) is 1.05. The van der Waals surface area contributed by atoms with Crippen LogP contribution in [0.4, 0.5) is 15.8 Å². The Morgan fingerprint density at radius 1 is 1.64 bits per heavy atom. The maximum absolute atomic E-state index is 13.3. The minimum absolute atomic E-state index is 0.0888. The number of anilines is 1. The molecule has 0 saturated carbocycles. The number of nitro benzene ring substituents is 1. The largest absolute Gasteiger partial charge is 0.380 e. The van der Waals surface area contributed by atoms with E-state index in [9.17, 15) is 14.5 Å². The topological polar surface area (TPSA) is 55.2 Å². The highest BCUT2D eigenvalue weighted by molar-refractivity contribution is 9.10. The predicted octanol–water partition coefficient (Wildman–Crippen LogP) is 2.93. The molecule has 0 aliphatic rings. The van der Waals surface area contributed by atoms with Gasteiger partial charge in [-0.2, -0.15) is 4.39 Å². The molecule has 0 unspecified atom stereocenters. The van der Waals surface area contributed by atoms with Crippen LogP contribution in [0, 0.1) is 15.9 Å². The van der Waals surface area contributed by atoms with Gasteiger partial charge >= 0.3 is 5.69 Å². The van der Waals surface area contributed by atoms with E-state index in [2.05, 4.69) is 21.2 Å². The van der Waals surface area contributed by atoms with Gasteiger partial charge in [-0.15, -0.1) is 0 Å². The van der Waals surface area contributed by atoms with Gasteiger partial charge in [0.05, 0.1) is 9.40 Å². The van der Waals surface area contributed by atoms with E-state index in [1.54, 1.807) is 6.92 Å². The van der Waals surface area contributed by atoms with E-state index < -0.39 is 16.4 Å². The van der Waals surface area contributed by atoms with Gasteiger partial charge in [0.25, 0.3) is 0 Å². The van der Waals surface area contributed by atoms with E-state index in [0.717, 1.165) is 0 Å². The molecule has 0 aromatic heterocycles. The third-order valence-electron chi connectivity index (χ3n) is 1.62. The molecule has 0 aliphatic heterocycles. The van der Waals surface area contributed by atoms with E-state index in [4.69, 9.17) is 0 Å². The summed E-state index contributed by atoms with van der Waals surface area (Å²) >= 11 is 2.89. The van der Waals surface area contributed by atoms with Crippen LogP contribution >= 0.6 is 15.9 Å². The van der Waals surface area contributed by atoms with Gasteiger partial charge in [-0.25, -0.2) is 0 Å². The second-order valence-corrected chi connectivity index (χ2v) is 3.40. The van der Waals surface area contributed by atoms with Crippen LogP contribution in [0.1, 0.15) is 6.92 Å². The molecule has 1 aromatic carbocycles. The molecule has 0 bridgehead atoms. The van der Waals surface area contributed by atoms with Crippen LogP contribution in [-0.4, -0.2) is 11.5 Å². The average molecular weight is 263 g/mol. The summed E-state index contributed by atoms with van der Waals surface area (Å²) in [5.41, 5.74) is -0.334. The Morgan fingerprint density at radius 3 is 2.79 bits per heavy atom. The zero-order valence-corrected chi connectivity index (χ0v) is 8.97. The Bertz CT molecular complexity index is 371. The van der Waals surface area contributed by atoms with Crippen molar-refractivity contribution in [2.24, 2.45) is 0 Å². The maximum Gasteiger partial charge on any atom is 0.328 e. The number of benzene rings is 1. The zero-order valence-electron chi connectivity index (χ0n) is 7.38. The highest BCUT2D eigenvalue weighted by Crippen LogP contribution is 2.32. The second kappa shape index (κ2) is 4.36.